The predicted molar refractivity (Wildman–Crippen MR) is 77.1 cm³/mol. The Labute approximate surface area is 113 Å². The molecule has 1 rings (SSSR count). The first kappa shape index (κ1) is 13.6. The average molecular weight is 345 g/mol. The van der Waals surface area contributed by atoms with Crippen molar-refractivity contribution in [1.29, 1.82) is 0 Å². The summed E-state index contributed by atoms with van der Waals surface area (Å²) in [7, 11) is 0. The van der Waals surface area contributed by atoms with Crippen LogP contribution in [0, 0.1) is 17.0 Å². The second-order valence-electron chi connectivity index (χ2n) is 3.40. The Hall–Kier alpha value is -1.44. The smallest absolute Gasteiger partial charge is 0.277 e. The summed E-state index contributed by atoms with van der Waals surface area (Å²) in [4.78, 5) is 10.6. The minimum Gasteiger partial charge on any atom is -0.404 e. The highest BCUT2D eigenvalue weighted by Crippen LogP contribution is 2.30. The van der Waals surface area contributed by atoms with Gasteiger partial charge in [0, 0.05) is 18.7 Å². The van der Waals surface area contributed by atoms with Crippen molar-refractivity contribution in [2.24, 2.45) is 8.94 Å². The molecule has 0 atom stereocenters. The van der Waals surface area contributed by atoms with E-state index in [0.717, 1.165) is 5.56 Å². The van der Waals surface area contributed by atoms with Gasteiger partial charge in [-0.15, -0.1) is 0 Å². The van der Waals surface area contributed by atoms with Crippen molar-refractivity contribution in [3.63, 3.8) is 0 Å². The molecular weight excluding hydrogens is 333 g/mol. The van der Waals surface area contributed by atoms with Gasteiger partial charge >= 0.3 is 0 Å². The topological polar surface area (TPSA) is 81.5 Å². The summed E-state index contributed by atoms with van der Waals surface area (Å²) in [5.41, 5.74) is 7.72. The van der Waals surface area contributed by atoms with Crippen molar-refractivity contribution in [2.75, 3.05) is 0 Å². The number of nitro groups is 1. The lowest BCUT2D eigenvalue weighted by atomic mass is 9.97. The van der Waals surface area contributed by atoms with Crippen LogP contribution in [-0.2, 0) is 0 Å². The molecular formula is C11H12IN3O2. The van der Waals surface area contributed by atoms with Gasteiger partial charge in [0.25, 0.3) is 5.69 Å². The molecule has 0 saturated heterocycles. The van der Waals surface area contributed by atoms with Crippen LogP contribution < -0.4 is 5.73 Å². The molecule has 0 spiro atoms. The Kier molecular flexibility index (Phi) is 5.08. The number of nitrogens with two attached hydrogens (primary N) is 1. The molecule has 0 saturated carbocycles. The van der Waals surface area contributed by atoms with Crippen molar-refractivity contribution >= 4 is 40.3 Å². The lowest BCUT2D eigenvalue weighted by molar-refractivity contribution is -0.385. The molecule has 0 aliphatic rings. The molecule has 6 heteroatoms. The van der Waals surface area contributed by atoms with Gasteiger partial charge in [0.15, 0.2) is 0 Å². The Balaban J connectivity index is 3.32. The summed E-state index contributed by atoms with van der Waals surface area (Å²) in [6.07, 6.45) is 3.54. The predicted octanol–water partition coefficient (Wildman–Crippen LogP) is 3.01. The molecule has 0 heterocycles. The molecule has 17 heavy (non-hydrogen) atoms. The summed E-state index contributed by atoms with van der Waals surface area (Å²) in [6.45, 7) is 1.83. The lowest BCUT2D eigenvalue weighted by Crippen LogP contribution is -2.00. The second-order valence-corrected chi connectivity index (χ2v) is 3.96. The molecule has 0 aliphatic carbocycles. The molecule has 90 valence electrons. The van der Waals surface area contributed by atoms with Crippen LogP contribution in [0.15, 0.2) is 27.6 Å². The zero-order valence-electron chi connectivity index (χ0n) is 9.26. The van der Waals surface area contributed by atoms with Crippen LogP contribution in [0.3, 0.4) is 0 Å². The molecule has 5 nitrogen and oxygen atoms in total. The minimum atomic E-state index is -0.396. The fourth-order valence-corrected chi connectivity index (χ4v) is 1.81. The third kappa shape index (κ3) is 3.26. The maximum atomic E-state index is 11.0. The summed E-state index contributed by atoms with van der Waals surface area (Å²) in [5, 5.41) is 11.0. The van der Waals surface area contributed by atoms with E-state index < -0.39 is 4.92 Å². The Morgan fingerprint density at radius 1 is 1.65 bits per heavy atom. The van der Waals surface area contributed by atoms with Crippen LogP contribution >= 0.6 is 22.9 Å². The lowest BCUT2D eigenvalue weighted by Gasteiger charge is -2.08. The Morgan fingerprint density at radius 2 is 2.35 bits per heavy atom. The van der Waals surface area contributed by atoms with E-state index in [0.29, 0.717) is 17.6 Å². The van der Waals surface area contributed by atoms with Crippen LogP contribution in [0.25, 0.3) is 5.57 Å². The van der Waals surface area contributed by atoms with Crippen molar-refractivity contribution in [3.8, 4) is 0 Å². The van der Waals surface area contributed by atoms with E-state index in [1.165, 1.54) is 12.3 Å². The highest BCUT2D eigenvalue weighted by atomic mass is 127. The number of allylic oxidation sites excluding steroid dienone is 1. The highest BCUT2D eigenvalue weighted by Gasteiger charge is 2.18. The number of halogens is 1. The number of nitrogens with zero attached hydrogens (tertiary/aromatic N) is 2. The van der Waals surface area contributed by atoms with E-state index in [2.05, 4.69) is 3.21 Å². The number of nitro benzene ring substituents is 1. The van der Waals surface area contributed by atoms with E-state index in [1.807, 2.05) is 35.9 Å². The first-order valence-corrected chi connectivity index (χ1v) is 5.86. The first-order valence-electron chi connectivity index (χ1n) is 4.89. The normalized spacial score (nSPS) is 12.0. The summed E-state index contributed by atoms with van der Waals surface area (Å²) >= 11 is 1.85. The van der Waals surface area contributed by atoms with Crippen LogP contribution in [0.1, 0.15) is 17.5 Å². The molecule has 2 N–H and O–H groups in total. The van der Waals surface area contributed by atoms with Gasteiger partial charge < -0.3 is 5.73 Å². The van der Waals surface area contributed by atoms with Crippen molar-refractivity contribution in [3.05, 3.63) is 45.6 Å². The molecule has 0 aromatic heterocycles. The number of aryl methyl sites for hydroxylation is 1. The largest absolute Gasteiger partial charge is 0.404 e. The monoisotopic (exact) mass is 345 g/mol. The summed E-state index contributed by atoms with van der Waals surface area (Å²) in [5.74, 6) is 0. The van der Waals surface area contributed by atoms with Gasteiger partial charge in [0.1, 0.15) is 0 Å². The maximum Gasteiger partial charge on any atom is 0.277 e. The zero-order chi connectivity index (χ0) is 12.8. The third-order valence-electron chi connectivity index (χ3n) is 2.35. The van der Waals surface area contributed by atoms with Gasteiger partial charge in [-0.05, 0) is 24.3 Å². The maximum absolute atomic E-state index is 11.0. The van der Waals surface area contributed by atoms with Gasteiger partial charge in [-0.3, -0.25) is 10.1 Å². The summed E-state index contributed by atoms with van der Waals surface area (Å²) < 4.78 is 3.83. The van der Waals surface area contributed by atoms with Crippen molar-refractivity contribution in [1.82, 2.24) is 0 Å². The van der Waals surface area contributed by atoms with E-state index in [1.54, 1.807) is 12.3 Å². The first-order chi connectivity index (χ1) is 8.11. The SMILES string of the molecule is Cc1cccc([N+](=O)[O-])c1/C(=C\N)CC=NI. The standard InChI is InChI=1S/C11H12IN3O2/c1-8-3-2-4-10(15(16)17)11(8)9(7-13)5-6-14-12/h2-4,6-7H,5,13H2,1H3/b9-7-,14-6?. The second kappa shape index (κ2) is 6.33. The molecule has 0 radical (unpaired) electrons. The highest BCUT2D eigenvalue weighted by molar-refractivity contribution is 14.1. The molecule has 1 aromatic rings. The van der Waals surface area contributed by atoms with Crippen LogP contribution in [0.5, 0.6) is 0 Å². The Morgan fingerprint density at radius 3 is 2.88 bits per heavy atom. The number of benzene rings is 1. The number of hydrogen-bond donors (Lipinski definition) is 1. The van der Waals surface area contributed by atoms with Crippen molar-refractivity contribution < 1.29 is 4.92 Å². The van der Waals surface area contributed by atoms with E-state index in [4.69, 9.17) is 5.73 Å². The van der Waals surface area contributed by atoms with Gasteiger partial charge in [-0.1, -0.05) is 12.1 Å². The van der Waals surface area contributed by atoms with Crippen molar-refractivity contribution in [2.45, 2.75) is 13.3 Å². The molecule has 0 aliphatic heterocycles. The number of rotatable bonds is 4. The van der Waals surface area contributed by atoms with E-state index in [9.17, 15) is 10.1 Å². The quantitative estimate of drug-likeness (QED) is 0.394. The fourth-order valence-electron chi connectivity index (χ4n) is 1.61. The van der Waals surface area contributed by atoms with Crippen LogP contribution in [-0.4, -0.2) is 11.1 Å². The van der Waals surface area contributed by atoms with E-state index in [-0.39, 0.29) is 5.69 Å². The van der Waals surface area contributed by atoms with Gasteiger partial charge in [0.2, 0.25) is 0 Å². The molecule has 0 bridgehead atoms. The van der Waals surface area contributed by atoms with Gasteiger partial charge in [0.05, 0.1) is 33.4 Å². The fraction of sp³-hybridized carbons (Fsp3) is 0.182. The van der Waals surface area contributed by atoms with Gasteiger partial charge in [-0.2, -0.15) is 0 Å². The van der Waals surface area contributed by atoms with E-state index >= 15 is 0 Å². The van der Waals surface area contributed by atoms with Crippen LogP contribution in [0.2, 0.25) is 0 Å². The van der Waals surface area contributed by atoms with Crippen LogP contribution in [0.4, 0.5) is 5.69 Å². The Bertz CT molecular complexity index is 484. The summed E-state index contributed by atoms with van der Waals surface area (Å²) in [6, 6.07) is 4.97. The molecule has 0 amide bonds. The zero-order valence-corrected chi connectivity index (χ0v) is 11.4. The third-order valence-corrected chi connectivity index (χ3v) is 2.74. The van der Waals surface area contributed by atoms with Gasteiger partial charge in [-0.25, -0.2) is 3.21 Å². The minimum absolute atomic E-state index is 0.0727. The number of hydrogen-bond acceptors (Lipinski definition) is 4. The average Bonchev–Trinajstić information content (AvgIpc) is 2.31. The molecule has 0 fully saturated rings. The molecule has 1 aromatic carbocycles. The molecule has 0 unspecified atom stereocenters.